The lowest BCUT2D eigenvalue weighted by atomic mass is 10.3. The lowest BCUT2D eigenvalue weighted by Crippen LogP contribution is -2.41. The van der Waals surface area contributed by atoms with E-state index in [1.807, 2.05) is 13.8 Å². The molecule has 1 heterocycles. The van der Waals surface area contributed by atoms with Gasteiger partial charge in [0.2, 0.25) is 5.91 Å². The Balaban J connectivity index is 2.78. The number of hydrogen-bond donors (Lipinski definition) is 1. The van der Waals surface area contributed by atoms with E-state index in [0.29, 0.717) is 28.8 Å². The number of aryl methyl sites for hydroxylation is 1. The Hall–Kier alpha value is -1.63. The van der Waals surface area contributed by atoms with Gasteiger partial charge in [-0.25, -0.2) is 9.78 Å². The first-order valence-corrected chi connectivity index (χ1v) is 7.37. The van der Waals surface area contributed by atoms with Crippen LogP contribution in [0.15, 0.2) is 0 Å². The van der Waals surface area contributed by atoms with E-state index in [-0.39, 0.29) is 11.9 Å². The van der Waals surface area contributed by atoms with Gasteiger partial charge < -0.3 is 15.0 Å². The first-order chi connectivity index (χ1) is 9.44. The molecule has 112 valence electrons. The van der Waals surface area contributed by atoms with Gasteiger partial charge in [-0.2, -0.15) is 0 Å². The Morgan fingerprint density at radius 1 is 1.40 bits per heavy atom. The summed E-state index contributed by atoms with van der Waals surface area (Å²) in [5.41, 5.74) is 0.604. The summed E-state index contributed by atoms with van der Waals surface area (Å²) in [4.78, 5) is 30.1. The number of ether oxygens (including phenoxy) is 1. The molecule has 1 unspecified atom stereocenters. The van der Waals surface area contributed by atoms with Crippen LogP contribution in [0.25, 0.3) is 0 Å². The van der Waals surface area contributed by atoms with Crippen molar-refractivity contribution in [1.82, 2.24) is 9.88 Å². The second-order valence-corrected chi connectivity index (χ2v) is 5.30. The van der Waals surface area contributed by atoms with Crippen LogP contribution in [-0.4, -0.2) is 48.0 Å². The molecule has 0 aliphatic heterocycles. The van der Waals surface area contributed by atoms with Crippen molar-refractivity contribution < 1.29 is 14.3 Å². The van der Waals surface area contributed by atoms with E-state index in [1.165, 1.54) is 18.4 Å². The average molecular weight is 299 g/mol. The van der Waals surface area contributed by atoms with Crippen molar-refractivity contribution in [3.05, 3.63) is 10.6 Å². The molecular formula is C13H21N3O3S. The molecule has 1 amide bonds. The summed E-state index contributed by atoms with van der Waals surface area (Å²) in [7, 11) is 1.33. The maximum Gasteiger partial charge on any atom is 0.350 e. The Labute approximate surface area is 123 Å². The maximum atomic E-state index is 12.1. The van der Waals surface area contributed by atoms with Gasteiger partial charge in [0.05, 0.1) is 12.8 Å². The highest BCUT2D eigenvalue weighted by molar-refractivity contribution is 7.17. The molecule has 0 spiro atoms. The number of anilines is 1. The van der Waals surface area contributed by atoms with Crippen molar-refractivity contribution >= 4 is 28.3 Å². The highest BCUT2D eigenvalue weighted by Crippen LogP contribution is 2.24. The zero-order valence-corrected chi connectivity index (χ0v) is 13.3. The smallest absolute Gasteiger partial charge is 0.350 e. The molecule has 7 heteroatoms. The minimum absolute atomic E-state index is 0.0162. The van der Waals surface area contributed by atoms with E-state index in [9.17, 15) is 9.59 Å². The number of thiazole rings is 1. The van der Waals surface area contributed by atoms with E-state index in [2.05, 4.69) is 15.0 Å². The molecule has 20 heavy (non-hydrogen) atoms. The van der Waals surface area contributed by atoms with Crippen molar-refractivity contribution in [2.75, 3.05) is 25.5 Å². The molecule has 1 N–H and O–H groups in total. The molecule has 0 fully saturated rings. The number of rotatable bonds is 6. The van der Waals surface area contributed by atoms with Crippen LogP contribution in [0.2, 0.25) is 0 Å². The van der Waals surface area contributed by atoms with Gasteiger partial charge in [-0.3, -0.25) is 4.79 Å². The topological polar surface area (TPSA) is 71.5 Å². The van der Waals surface area contributed by atoms with Gasteiger partial charge in [0.15, 0.2) is 5.13 Å². The van der Waals surface area contributed by atoms with Crippen molar-refractivity contribution in [3.63, 3.8) is 0 Å². The van der Waals surface area contributed by atoms with Crippen LogP contribution in [0.5, 0.6) is 0 Å². The van der Waals surface area contributed by atoms with Gasteiger partial charge in [-0.15, -0.1) is 0 Å². The van der Waals surface area contributed by atoms with Crippen LogP contribution in [0.4, 0.5) is 5.13 Å². The molecule has 1 aromatic heterocycles. The normalized spacial score (nSPS) is 11.8. The summed E-state index contributed by atoms with van der Waals surface area (Å²) in [6.45, 7) is 8.76. The highest BCUT2D eigenvalue weighted by Gasteiger charge is 2.21. The molecule has 0 saturated carbocycles. The standard InChI is InChI=1S/C13H21N3O3S/c1-6-16(7-2)11(17)9(4)15-13-14-8(3)10(20-13)12(18)19-5/h9H,6-7H2,1-5H3,(H,14,15). The Morgan fingerprint density at radius 3 is 2.50 bits per heavy atom. The van der Waals surface area contributed by atoms with Gasteiger partial charge in [-0.05, 0) is 27.7 Å². The minimum Gasteiger partial charge on any atom is -0.465 e. The number of nitrogens with zero attached hydrogens (tertiary/aromatic N) is 2. The number of amides is 1. The number of esters is 1. The zero-order chi connectivity index (χ0) is 15.3. The summed E-state index contributed by atoms with van der Waals surface area (Å²) in [5.74, 6) is -0.391. The summed E-state index contributed by atoms with van der Waals surface area (Å²) < 4.78 is 4.68. The Kier molecular flexibility index (Phi) is 5.94. The molecule has 0 bridgehead atoms. The van der Waals surface area contributed by atoms with Gasteiger partial charge in [0.1, 0.15) is 10.9 Å². The summed E-state index contributed by atoms with van der Waals surface area (Å²) in [6, 6.07) is -0.383. The largest absolute Gasteiger partial charge is 0.465 e. The zero-order valence-electron chi connectivity index (χ0n) is 12.5. The predicted octanol–water partition coefficient (Wildman–Crippen LogP) is 1.91. The number of hydrogen-bond acceptors (Lipinski definition) is 6. The average Bonchev–Trinajstić information content (AvgIpc) is 2.79. The van der Waals surface area contributed by atoms with E-state index in [4.69, 9.17) is 0 Å². The first-order valence-electron chi connectivity index (χ1n) is 6.55. The monoisotopic (exact) mass is 299 g/mol. The number of carbonyl (C=O) groups excluding carboxylic acids is 2. The third-order valence-corrected chi connectivity index (χ3v) is 4.02. The minimum atomic E-state index is -0.407. The van der Waals surface area contributed by atoms with E-state index in [0.717, 1.165) is 0 Å². The molecule has 0 aliphatic carbocycles. The fourth-order valence-corrected chi connectivity index (χ4v) is 2.77. The van der Waals surface area contributed by atoms with E-state index >= 15 is 0 Å². The van der Waals surface area contributed by atoms with Crippen LogP contribution < -0.4 is 5.32 Å². The molecule has 1 aromatic rings. The van der Waals surface area contributed by atoms with E-state index < -0.39 is 5.97 Å². The molecule has 6 nitrogen and oxygen atoms in total. The third-order valence-electron chi connectivity index (χ3n) is 2.95. The molecule has 0 radical (unpaired) electrons. The first kappa shape index (κ1) is 16.4. The third kappa shape index (κ3) is 3.69. The fourth-order valence-electron chi connectivity index (χ4n) is 1.80. The van der Waals surface area contributed by atoms with Crippen LogP contribution in [0.3, 0.4) is 0 Å². The summed E-state index contributed by atoms with van der Waals surface area (Å²) in [6.07, 6.45) is 0. The van der Waals surface area contributed by atoms with Crippen molar-refractivity contribution in [3.8, 4) is 0 Å². The Morgan fingerprint density at radius 2 is 2.00 bits per heavy atom. The number of aromatic nitrogens is 1. The second kappa shape index (κ2) is 7.23. The summed E-state index contributed by atoms with van der Waals surface area (Å²) >= 11 is 1.20. The number of methoxy groups -OCH3 is 1. The highest BCUT2D eigenvalue weighted by atomic mass is 32.1. The fraction of sp³-hybridized carbons (Fsp3) is 0.615. The molecular weight excluding hydrogens is 278 g/mol. The van der Waals surface area contributed by atoms with Gasteiger partial charge in [0.25, 0.3) is 0 Å². The molecule has 0 aromatic carbocycles. The molecule has 0 aliphatic rings. The van der Waals surface area contributed by atoms with Crippen LogP contribution in [0.1, 0.15) is 36.1 Å². The van der Waals surface area contributed by atoms with Crippen LogP contribution in [0, 0.1) is 6.92 Å². The predicted molar refractivity (Wildman–Crippen MR) is 79.2 cm³/mol. The molecule has 1 rings (SSSR count). The van der Waals surface area contributed by atoms with Gasteiger partial charge in [0, 0.05) is 13.1 Å². The molecule has 0 saturated heterocycles. The van der Waals surface area contributed by atoms with Crippen LogP contribution >= 0.6 is 11.3 Å². The molecule has 1 atom stereocenters. The lowest BCUT2D eigenvalue weighted by molar-refractivity contribution is -0.131. The SMILES string of the molecule is CCN(CC)C(=O)C(C)Nc1nc(C)c(C(=O)OC)s1. The number of likely N-dealkylation sites (N-methyl/N-ethyl adjacent to an activating group) is 1. The Bertz CT molecular complexity index is 483. The summed E-state index contributed by atoms with van der Waals surface area (Å²) in [5, 5.41) is 3.59. The maximum absolute atomic E-state index is 12.1. The van der Waals surface area contributed by atoms with Crippen LogP contribution in [-0.2, 0) is 9.53 Å². The van der Waals surface area contributed by atoms with Gasteiger partial charge in [-0.1, -0.05) is 11.3 Å². The van der Waals surface area contributed by atoms with Crippen molar-refractivity contribution in [1.29, 1.82) is 0 Å². The van der Waals surface area contributed by atoms with Crippen molar-refractivity contribution in [2.45, 2.75) is 33.7 Å². The quantitative estimate of drug-likeness (QED) is 0.812. The van der Waals surface area contributed by atoms with Gasteiger partial charge >= 0.3 is 5.97 Å². The van der Waals surface area contributed by atoms with Crippen molar-refractivity contribution in [2.24, 2.45) is 0 Å². The van der Waals surface area contributed by atoms with E-state index in [1.54, 1.807) is 18.7 Å². The number of carbonyl (C=O) groups is 2. The second-order valence-electron chi connectivity index (χ2n) is 4.30. The number of nitrogens with one attached hydrogen (secondary N) is 1. The lowest BCUT2D eigenvalue weighted by Gasteiger charge is -2.23.